The number of carbonyl (C=O) groups excluding carboxylic acids is 1. The van der Waals surface area contributed by atoms with Crippen molar-refractivity contribution in [2.75, 3.05) is 20.3 Å². The van der Waals surface area contributed by atoms with Gasteiger partial charge in [-0.2, -0.15) is 0 Å². The molecular formula is C18H19N3O3S. The van der Waals surface area contributed by atoms with Crippen molar-refractivity contribution in [2.45, 2.75) is 13.0 Å². The molecule has 0 fully saturated rings. The number of hydrogen-bond donors (Lipinski definition) is 1. The standard InChI is InChI=1S/C18H19N3O3S/c1-24-9-5-8-19-15(22)10-21-12-20-17-16(18(21)23)14(11-25-17)13-6-3-2-4-7-13/h2-4,6-7,11-12H,5,8-10H2,1H3,(H,19,22). The van der Waals surface area contributed by atoms with E-state index < -0.39 is 0 Å². The van der Waals surface area contributed by atoms with Crippen LogP contribution in [0.15, 0.2) is 46.8 Å². The Labute approximate surface area is 149 Å². The van der Waals surface area contributed by atoms with E-state index in [0.717, 1.165) is 17.5 Å². The summed E-state index contributed by atoms with van der Waals surface area (Å²) in [5.74, 6) is -0.212. The Morgan fingerprint density at radius 2 is 2.12 bits per heavy atom. The number of benzene rings is 1. The van der Waals surface area contributed by atoms with Gasteiger partial charge in [-0.3, -0.25) is 14.2 Å². The lowest BCUT2D eigenvalue weighted by Crippen LogP contribution is -2.33. The molecule has 0 saturated heterocycles. The van der Waals surface area contributed by atoms with Crippen LogP contribution in [-0.2, 0) is 16.1 Å². The third-order valence-corrected chi connectivity index (χ3v) is 4.69. The highest BCUT2D eigenvalue weighted by Crippen LogP contribution is 2.30. The molecule has 2 heterocycles. The fraction of sp³-hybridized carbons (Fsp3) is 0.278. The van der Waals surface area contributed by atoms with E-state index in [0.29, 0.717) is 23.4 Å². The summed E-state index contributed by atoms with van der Waals surface area (Å²) < 4.78 is 6.29. The normalized spacial score (nSPS) is 10.9. The van der Waals surface area contributed by atoms with Crippen molar-refractivity contribution in [1.29, 1.82) is 0 Å². The zero-order chi connectivity index (χ0) is 17.6. The zero-order valence-electron chi connectivity index (χ0n) is 13.9. The second kappa shape index (κ2) is 8.04. The molecule has 2 aromatic heterocycles. The van der Waals surface area contributed by atoms with Gasteiger partial charge in [0.2, 0.25) is 5.91 Å². The van der Waals surface area contributed by atoms with Crippen LogP contribution in [0, 0.1) is 0 Å². The molecule has 0 unspecified atom stereocenters. The number of hydrogen-bond acceptors (Lipinski definition) is 5. The Morgan fingerprint density at radius 3 is 2.88 bits per heavy atom. The van der Waals surface area contributed by atoms with Gasteiger partial charge < -0.3 is 10.1 Å². The second-order valence-electron chi connectivity index (χ2n) is 5.57. The highest BCUT2D eigenvalue weighted by molar-refractivity contribution is 7.17. The highest BCUT2D eigenvalue weighted by atomic mass is 32.1. The van der Waals surface area contributed by atoms with Gasteiger partial charge in [-0.1, -0.05) is 30.3 Å². The number of thiophene rings is 1. The van der Waals surface area contributed by atoms with Gasteiger partial charge in [0.25, 0.3) is 5.56 Å². The molecule has 130 valence electrons. The van der Waals surface area contributed by atoms with Crippen LogP contribution in [0.1, 0.15) is 6.42 Å². The summed E-state index contributed by atoms with van der Waals surface area (Å²) >= 11 is 1.43. The van der Waals surface area contributed by atoms with Gasteiger partial charge in [0.1, 0.15) is 11.4 Å². The first-order valence-corrected chi connectivity index (χ1v) is 8.86. The van der Waals surface area contributed by atoms with Crippen molar-refractivity contribution in [1.82, 2.24) is 14.9 Å². The number of nitrogens with one attached hydrogen (secondary N) is 1. The van der Waals surface area contributed by atoms with Crippen LogP contribution in [-0.4, -0.2) is 35.7 Å². The number of fused-ring (bicyclic) bond motifs is 1. The Morgan fingerprint density at radius 1 is 1.32 bits per heavy atom. The monoisotopic (exact) mass is 357 g/mol. The number of rotatable bonds is 7. The Kier molecular flexibility index (Phi) is 5.57. The van der Waals surface area contributed by atoms with Crippen molar-refractivity contribution < 1.29 is 9.53 Å². The number of aromatic nitrogens is 2. The molecule has 0 spiro atoms. The smallest absolute Gasteiger partial charge is 0.263 e. The highest BCUT2D eigenvalue weighted by Gasteiger charge is 2.14. The average Bonchev–Trinajstić information content (AvgIpc) is 3.07. The van der Waals surface area contributed by atoms with Crippen LogP contribution in [0.3, 0.4) is 0 Å². The molecule has 0 atom stereocenters. The number of methoxy groups -OCH3 is 1. The molecule has 0 saturated carbocycles. The molecule has 0 aliphatic carbocycles. The van der Waals surface area contributed by atoms with E-state index in [1.807, 2.05) is 35.7 Å². The maximum atomic E-state index is 12.8. The van der Waals surface area contributed by atoms with E-state index in [2.05, 4.69) is 10.3 Å². The minimum absolute atomic E-state index is 0.0428. The van der Waals surface area contributed by atoms with Crippen molar-refractivity contribution in [2.24, 2.45) is 0 Å². The zero-order valence-corrected chi connectivity index (χ0v) is 14.7. The van der Waals surface area contributed by atoms with Crippen molar-refractivity contribution in [3.63, 3.8) is 0 Å². The number of ether oxygens (including phenoxy) is 1. The van der Waals surface area contributed by atoms with Gasteiger partial charge in [-0.25, -0.2) is 4.98 Å². The van der Waals surface area contributed by atoms with Crippen LogP contribution >= 0.6 is 11.3 Å². The van der Waals surface area contributed by atoms with Crippen molar-refractivity contribution >= 4 is 27.5 Å². The minimum atomic E-state index is -0.212. The summed E-state index contributed by atoms with van der Waals surface area (Å²) in [6, 6.07) is 9.71. The molecule has 1 aromatic carbocycles. The van der Waals surface area contributed by atoms with E-state index >= 15 is 0 Å². The molecule has 0 radical (unpaired) electrons. The topological polar surface area (TPSA) is 73.2 Å². The van der Waals surface area contributed by atoms with Gasteiger partial charge in [0.05, 0.1) is 11.7 Å². The summed E-state index contributed by atoms with van der Waals surface area (Å²) in [5.41, 5.74) is 1.62. The molecule has 1 N–H and O–H groups in total. The summed E-state index contributed by atoms with van der Waals surface area (Å²) in [6.45, 7) is 1.06. The maximum Gasteiger partial charge on any atom is 0.263 e. The van der Waals surface area contributed by atoms with E-state index in [4.69, 9.17) is 4.74 Å². The molecule has 7 heteroatoms. The number of amides is 1. The minimum Gasteiger partial charge on any atom is -0.385 e. The van der Waals surface area contributed by atoms with E-state index in [1.54, 1.807) is 7.11 Å². The van der Waals surface area contributed by atoms with E-state index in [-0.39, 0.29) is 18.0 Å². The van der Waals surface area contributed by atoms with Gasteiger partial charge in [-0.15, -0.1) is 11.3 Å². The lowest BCUT2D eigenvalue weighted by Gasteiger charge is -2.07. The van der Waals surface area contributed by atoms with Crippen LogP contribution in [0.2, 0.25) is 0 Å². The van der Waals surface area contributed by atoms with Crippen LogP contribution < -0.4 is 10.9 Å². The van der Waals surface area contributed by atoms with Gasteiger partial charge in [-0.05, 0) is 12.0 Å². The average molecular weight is 357 g/mol. The maximum absolute atomic E-state index is 12.8. The summed E-state index contributed by atoms with van der Waals surface area (Å²) in [5, 5.41) is 5.27. The van der Waals surface area contributed by atoms with Gasteiger partial charge >= 0.3 is 0 Å². The lowest BCUT2D eigenvalue weighted by atomic mass is 10.1. The molecule has 3 aromatic rings. The van der Waals surface area contributed by atoms with Crippen LogP contribution in [0.25, 0.3) is 21.3 Å². The fourth-order valence-electron chi connectivity index (χ4n) is 2.57. The second-order valence-corrected chi connectivity index (χ2v) is 6.43. The molecule has 25 heavy (non-hydrogen) atoms. The van der Waals surface area contributed by atoms with Crippen molar-refractivity contribution in [3.8, 4) is 11.1 Å². The first-order chi connectivity index (χ1) is 12.2. The van der Waals surface area contributed by atoms with Gasteiger partial charge in [0.15, 0.2) is 0 Å². The fourth-order valence-corrected chi connectivity index (χ4v) is 3.47. The third-order valence-electron chi connectivity index (χ3n) is 3.81. The predicted octanol–water partition coefficient (Wildman–Crippen LogP) is 2.28. The molecule has 6 nitrogen and oxygen atoms in total. The largest absolute Gasteiger partial charge is 0.385 e. The molecule has 1 amide bonds. The first kappa shape index (κ1) is 17.3. The molecule has 0 aliphatic heterocycles. The Bertz CT molecular complexity index is 918. The first-order valence-electron chi connectivity index (χ1n) is 7.98. The van der Waals surface area contributed by atoms with E-state index in [1.165, 1.54) is 22.2 Å². The van der Waals surface area contributed by atoms with Crippen LogP contribution in [0.4, 0.5) is 0 Å². The molecular weight excluding hydrogens is 338 g/mol. The quantitative estimate of drug-likeness (QED) is 0.659. The SMILES string of the molecule is COCCCNC(=O)Cn1cnc2scc(-c3ccccc3)c2c1=O. The Balaban J connectivity index is 1.85. The summed E-state index contributed by atoms with van der Waals surface area (Å²) in [7, 11) is 1.62. The molecule has 0 aliphatic rings. The lowest BCUT2D eigenvalue weighted by molar-refractivity contribution is -0.121. The van der Waals surface area contributed by atoms with Gasteiger partial charge in [0, 0.05) is 31.2 Å². The summed E-state index contributed by atoms with van der Waals surface area (Å²) in [4.78, 5) is 29.9. The number of nitrogens with zero attached hydrogens (tertiary/aromatic N) is 2. The molecule has 0 bridgehead atoms. The molecule has 3 rings (SSSR count). The third kappa shape index (κ3) is 3.94. The summed E-state index contributed by atoms with van der Waals surface area (Å²) in [6.07, 6.45) is 2.17. The van der Waals surface area contributed by atoms with Crippen LogP contribution in [0.5, 0.6) is 0 Å². The van der Waals surface area contributed by atoms with E-state index in [9.17, 15) is 9.59 Å². The number of carbonyl (C=O) groups is 1. The van der Waals surface area contributed by atoms with Crippen molar-refractivity contribution in [3.05, 3.63) is 52.4 Å². The Hall–Kier alpha value is -2.51. The predicted molar refractivity (Wildman–Crippen MR) is 98.8 cm³/mol.